The summed E-state index contributed by atoms with van der Waals surface area (Å²) in [6.45, 7) is 4.03. The van der Waals surface area contributed by atoms with Gasteiger partial charge in [-0.1, -0.05) is 12.1 Å². The molecule has 2 aliphatic rings. The van der Waals surface area contributed by atoms with Crippen LogP contribution in [-0.2, 0) is 11.2 Å². The first-order chi connectivity index (χ1) is 10.2. The van der Waals surface area contributed by atoms with Gasteiger partial charge in [0.2, 0.25) is 5.91 Å². The second kappa shape index (κ2) is 6.06. The fourth-order valence-electron chi connectivity index (χ4n) is 2.92. The molecule has 2 N–H and O–H groups in total. The van der Waals surface area contributed by atoms with Crippen molar-refractivity contribution in [3.63, 3.8) is 0 Å². The van der Waals surface area contributed by atoms with Crippen molar-refractivity contribution in [1.82, 2.24) is 10.6 Å². The lowest BCUT2D eigenvalue weighted by molar-refractivity contribution is -0.121. The van der Waals surface area contributed by atoms with Crippen molar-refractivity contribution in [2.45, 2.75) is 44.7 Å². The molecule has 1 saturated carbocycles. The summed E-state index contributed by atoms with van der Waals surface area (Å²) in [4.78, 5) is 14.1. The third-order valence-electron chi connectivity index (χ3n) is 4.58. The van der Waals surface area contributed by atoms with Gasteiger partial charge in [0.05, 0.1) is 0 Å². The molecule has 3 rings (SSSR count). The van der Waals surface area contributed by atoms with Crippen LogP contribution in [0.1, 0.15) is 43.4 Å². The minimum atomic E-state index is 0.200. The summed E-state index contributed by atoms with van der Waals surface area (Å²) in [7, 11) is 1.99. The second-order valence-electron chi connectivity index (χ2n) is 6.23. The molecule has 1 aromatic carbocycles. The van der Waals surface area contributed by atoms with E-state index in [1.807, 2.05) is 7.05 Å². The Bertz CT molecular complexity index is 525. The normalized spacial score (nSPS) is 18.5. The first-order valence-electron chi connectivity index (χ1n) is 8.02. The monoisotopic (exact) mass is 287 g/mol. The van der Waals surface area contributed by atoms with Crippen LogP contribution in [0.3, 0.4) is 0 Å². The van der Waals surface area contributed by atoms with Gasteiger partial charge in [-0.3, -0.25) is 4.79 Å². The minimum absolute atomic E-state index is 0.200. The number of hydrogen-bond acceptors (Lipinski definition) is 3. The zero-order valence-electron chi connectivity index (χ0n) is 13.0. The van der Waals surface area contributed by atoms with E-state index in [0.29, 0.717) is 18.5 Å². The van der Waals surface area contributed by atoms with Crippen LogP contribution in [0.5, 0.6) is 0 Å². The minimum Gasteiger partial charge on any atom is -0.370 e. The molecule has 1 atom stereocenters. The van der Waals surface area contributed by atoms with Gasteiger partial charge < -0.3 is 15.5 Å². The molecule has 1 unspecified atom stereocenters. The van der Waals surface area contributed by atoms with Gasteiger partial charge in [-0.25, -0.2) is 0 Å². The van der Waals surface area contributed by atoms with Crippen LogP contribution in [0.25, 0.3) is 0 Å². The Labute approximate surface area is 126 Å². The summed E-state index contributed by atoms with van der Waals surface area (Å²) in [5.41, 5.74) is 4.06. The topological polar surface area (TPSA) is 44.4 Å². The van der Waals surface area contributed by atoms with Gasteiger partial charge >= 0.3 is 0 Å². The van der Waals surface area contributed by atoms with Crippen LogP contribution in [0.15, 0.2) is 18.2 Å². The van der Waals surface area contributed by atoms with E-state index in [1.165, 1.54) is 16.8 Å². The van der Waals surface area contributed by atoms with Crippen molar-refractivity contribution in [3.8, 4) is 0 Å². The van der Waals surface area contributed by atoms with Crippen LogP contribution in [-0.4, -0.2) is 32.1 Å². The maximum absolute atomic E-state index is 11.8. The summed E-state index contributed by atoms with van der Waals surface area (Å²) < 4.78 is 0. The number of nitrogens with zero attached hydrogens (tertiary/aromatic N) is 1. The van der Waals surface area contributed by atoms with Crippen LogP contribution in [0.2, 0.25) is 0 Å². The average Bonchev–Trinajstić information content (AvgIpc) is 3.21. The standard InChI is InChI=1S/C17H25N3O/c1-12(18-2)13-3-6-16-14(11-13)7-9-20(16)10-8-17(21)19-15-4-5-15/h3,6,11-12,15,18H,4-5,7-10H2,1-2H3,(H,19,21). The molecule has 1 aliphatic carbocycles. The fraction of sp³-hybridized carbons (Fsp3) is 0.588. The number of nitrogens with one attached hydrogen (secondary N) is 2. The lowest BCUT2D eigenvalue weighted by Gasteiger charge is -2.20. The quantitative estimate of drug-likeness (QED) is 0.841. The van der Waals surface area contributed by atoms with E-state index in [0.717, 1.165) is 32.4 Å². The molecule has 1 fully saturated rings. The zero-order chi connectivity index (χ0) is 14.8. The Morgan fingerprint density at radius 3 is 2.95 bits per heavy atom. The molecule has 4 nitrogen and oxygen atoms in total. The number of fused-ring (bicyclic) bond motifs is 1. The van der Waals surface area contributed by atoms with Crippen molar-refractivity contribution < 1.29 is 4.79 Å². The third kappa shape index (κ3) is 3.38. The van der Waals surface area contributed by atoms with Crippen molar-refractivity contribution >= 4 is 11.6 Å². The van der Waals surface area contributed by atoms with Crippen LogP contribution in [0.4, 0.5) is 5.69 Å². The maximum Gasteiger partial charge on any atom is 0.221 e. The van der Waals surface area contributed by atoms with Gasteiger partial charge in [-0.05, 0) is 50.4 Å². The molecular weight excluding hydrogens is 262 g/mol. The molecule has 114 valence electrons. The second-order valence-corrected chi connectivity index (χ2v) is 6.23. The zero-order valence-corrected chi connectivity index (χ0v) is 13.0. The number of amides is 1. The van der Waals surface area contributed by atoms with Gasteiger partial charge in [0.25, 0.3) is 0 Å². The van der Waals surface area contributed by atoms with Crippen LogP contribution in [0, 0.1) is 0 Å². The highest BCUT2D eigenvalue weighted by Crippen LogP contribution is 2.30. The number of rotatable bonds is 6. The Morgan fingerprint density at radius 1 is 1.43 bits per heavy atom. The third-order valence-corrected chi connectivity index (χ3v) is 4.58. The number of benzene rings is 1. The van der Waals surface area contributed by atoms with Crippen molar-refractivity contribution in [3.05, 3.63) is 29.3 Å². The van der Waals surface area contributed by atoms with Gasteiger partial charge in [-0.15, -0.1) is 0 Å². The van der Waals surface area contributed by atoms with Crippen LogP contribution < -0.4 is 15.5 Å². The Morgan fingerprint density at radius 2 is 2.24 bits per heavy atom. The molecule has 21 heavy (non-hydrogen) atoms. The predicted molar refractivity (Wildman–Crippen MR) is 85.6 cm³/mol. The van der Waals surface area contributed by atoms with E-state index in [9.17, 15) is 4.79 Å². The molecule has 1 aromatic rings. The molecule has 1 heterocycles. The maximum atomic E-state index is 11.8. The lowest BCUT2D eigenvalue weighted by atomic mass is 10.0. The van der Waals surface area contributed by atoms with E-state index < -0.39 is 0 Å². The molecule has 0 radical (unpaired) electrons. The molecule has 4 heteroatoms. The van der Waals surface area contributed by atoms with Crippen molar-refractivity contribution in [2.24, 2.45) is 0 Å². The van der Waals surface area contributed by atoms with Crippen molar-refractivity contribution in [1.29, 1.82) is 0 Å². The average molecular weight is 287 g/mol. The summed E-state index contributed by atoms with van der Waals surface area (Å²) in [6, 6.07) is 7.57. The molecule has 1 amide bonds. The Kier molecular flexibility index (Phi) is 4.15. The highest BCUT2D eigenvalue weighted by Gasteiger charge is 2.24. The SMILES string of the molecule is CNC(C)c1ccc2c(c1)CCN2CCC(=O)NC1CC1. The summed E-state index contributed by atoms with van der Waals surface area (Å²) in [5.74, 6) is 0.200. The first kappa shape index (κ1) is 14.4. The van der Waals surface area contributed by atoms with E-state index >= 15 is 0 Å². The number of hydrogen-bond donors (Lipinski definition) is 2. The van der Waals surface area contributed by atoms with E-state index in [4.69, 9.17) is 0 Å². The molecule has 0 saturated heterocycles. The molecule has 1 aliphatic heterocycles. The lowest BCUT2D eigenvalue weighted by Crippen LogP contribution is -2.31. The smallest absolute Gasteiger partial charge is 0.221 e. The summed E-state index contributed by atoms with van der Waals surface area (Å²) in [5, 5.41) is 6.34. The van der Waals surface area contributed by atoms with Crippen molar-refractivity contribution in [2.75, 3.05) is 25.0 Å². The van der Waals surface area contributed by atoms with Gasteiger partial charge in [0, 0.05) is 37.3 Å². The van der Waals surface area contributed by atoms with Gasteiger partial charge in [0.1, 0.15) is 0 Å². The molecule has 0 aromatic heterocycles. The van der Waals surface area contributed by atoms with Gasteiger partial charge in [0.15, 0.2) is 0 Å². The number of anilines is 1. The fourth-order valence-corrected chi connectivity index (χ4v) is 2.92. The van der Waals surface area contributed by atoms with E-state index in [2.05, 4.69) is 40.7 Å². The number of carbonyl (C=O) groups is 1. The Balaban J connectivity index is 1.59. The van der Waals surface area contributed by atoms with E-state index in [1.54, 1.807) is 0 Å². The predicted octanol–water partition coefficient (Wildman–Crippen LogP) is 2.00. The Hall–Kier alpha value is -1.55. The van der Waals surface area contributed by atoms with Gasteiger partial charge in [-0.2, -0.15) is 0 Å². The highest BCUT2D eigenvalue weighted by molar-refractivity contribution is 5.77. The largest absolute Gasteiger partial charge is 0.370 e. The highest BCUT2D eigenvalue weighted by atomic mass is 16.1. The van der Waals surface area contributed by atoms with Crippen LogP contribution >= 0.6 is 0 Å². The van der Waals surface area contributed by atoms with E-state index in [-0.39, 0.29) is 5.91 Å². The summed E-state index contributed by atoms with van der Waals surface area (Å²) in [6.07, 6.45) is 4.00. The first-order valence-corrected chi connectivity index (χ1v) is 8.02. The molecule has 0 spiro atoms. The molecule has 0 bridgehead atoms. The summed E-state index contributed by atoms with van der Waals surface area (Å²) >= 11 is 0. The number of carbonyl (C=O) groups excluding carboxylic acids is 1. The molecular formula is C17H25N3O.